The first-order valence-electron chi connectivity index (χ1n) is 7.45. The molecule has 1 spiro atoms. The van der Waals surface area contributed by atoms with Crippen molar-refractivity contribution in [2.24, 2.45) is 0 Å². The SMILES string of the molecule is O=C1CNC(=O)C2(CCCCC2)N1Cc1ccc(Br)cc1. The Morgan fingerprint density at radius 3 is 2.43 bits per heavy atom. The van der Waals surface area contributed by atoms with Crippen LogP contribution in [0.5, 0.6) is 0 Å². The van der Waals surface area contributed by atoms with Crippen LogP contribution in [0.4, 0.5) is 0 Å². The molecule has 3 rings (SSSR count). The quantitative estimate of drug-likeness (QED) is 0.891. The highest BCUT2D eigenvalue weighted by molar-refractivity contribution is 9.10. The number of benzene rings is 1. The molecule has 112 valence electrons. The molecule has 5 heteroatoms. The van der Waals surface area contributed by atoms with Crippen LogP contribution in [0.1, 0.15) is 37.7 Å². The molecule has 1 aromatic rings. The van der Waals surface area contributed by atoms with Gasteiger partial charge in [0, 0.05) is 11.0 Å². The summed E-state index contributed by atoms with van der Waals surface area (Å²) in [5.41, 5.74) is 0.437. The lowest BCUT2D eigenvalue weighted by molar-refractivity contribution is -0.157. The normalized spacial score (nSPS) is 21.5. The molecule has 1 aliphatic heterocycles. The van der Waals surface area contributed by atoms with Gasteiger partial charge in [-0.2, -0.15) is 0 Å². The lowest BCUT2D eigenvalue weighted by Crippen LogP contribution is -2.67. The maximum Gasteiger partial charge on any atom is 0.246 e. The topological polar surface area (TPSA) is 49.4 Å². The summed E-state index contributed by atoms with van der Waals surface area (Å²) in [7, 11) is 0. The molecule has 1 aromatic carbocycles. The van der Waals surface area contributed by atoms with E-state index < -0.39 is 5.54 Å². The van der Waals surface area contributed by atoms with Crippen LogP contribution in [-0.4, -0.2) is 28.8 Å². The fraction of sp³-hybridized carbons (Fsp3) is 0.500. The molecule has 1 N–H and O–H groups in total. The summed E-state index contributed by atoms with van der Waals surface area (Å²) in [5, 5.41) is 2.78. The van der Waals surface area contributed by atoms with E-state index in [2.05, 4.69) is 21.2 Å². The molecule has 2 fully saturated rings. The molecule has 1 saturated heterocycles. The predicted octanol–water partition coefficient (Wildman–Crippen LogP) is 2.61. The highest BCUT2D eigenvalue weighted by atomic mass is 79.9. The van der Waals surface area contributed by atoms with E-state index in [1.807, 2.05) is 29.2 Å². The lowest BCUT2D eigenvalue weighted by atomic mass is 9.78. The van der Waals surface area contributed by atoms with Crippen molar-refractivity contribution >= 4 is 27.7 Å². The number of carbonyl (C=O) groups is 2. The number of amides is 2. The molecule has 2 aliphatic rings. The minimum absolute atomic E-state index is 0.0268. The number of nitrogens with one attached hydrogen (secondary N) is 1. The summed E-state index contributed by atoms with van der Waals surface area (Å²) in [4.78, 5) is 26.7. The summed E-state index contributed by atoms with van der Waals surface area (Å²) in [5.74, 6) is 0.0540. The van der Waals surface area contributed by atoms with Crippen LogP contribution in [0, 0.1) is 0 Å². The van der Waals surface area contributed by atoms with Gasteiger partial charge in [-0.1, -0.05) is 47.3 Å². The zero-order valence-electron chi connectivity index (χ0n) is 11.9. The largest absolute Gasteiger partial charge is 0.345 e. The van der Waals surface area contributed by atoms with E-state index in [0.717, 1.165) is 42.1 Å². The molecule has 0 bridgehead atoms. The van der Waals surface area contributed by atoms with Crippen molar-refractivity contribution in [3.8, 4) is 0 Å². The third kappa shape index (κ3) is 2.71. The van der Waals surface area contributed by atoms with E-state index >= 15 is 0 Å². The van der Waals surface area contributed by atoms with E-state index in [1.165, 1.54) is 0 Å². The van der Waals surface area contributed by atoms with Crippen LogP contribution in [0.3, 0.4) is 0 Å². The van der Waals surface area contributed by atoms with Gasteiger partial charge in [0.15, 0.2) is 0 Å². The predicted molar refractivity (Wildman–Crippen MR) is 83.5 cm³/mol. The zero-order valence-corrected chi connectivity index (χ0v) is 13.5. The van der Waals surface area contributed by atoms with Crippen molar-refractivity contribution in [3.05, 3.63) is 34.3 Å². The number of piperazine rings is 1. The maximum absolute atomic E-state index is 12.5. The van der Waals surface area contributed by atoms with Gasteiger partial charge < -0.3 is 10.2 Å². The number of carbonyl (C=O) groups excluding carboxylic acids is 2. The third-order valence-corrected chi connectivity index (χ3v) is 5.10. The highest BCUT2D eigenvalue weighted by Crippen LogP contribution is 2.36. The van der Waals surface area contributed by atoms with Crippen LogP contribution < -0.4 is 5.32 Å². The lowest BCUT2D eigenvalue weighted by Gasteiger charge is -2.48. The fourth-order valence-electron chi connectivity index (χ4n) is 3.42. The van der Waals surface area contributed by atoms with Crippen molar-refractivity contribution in [2.75, 3.05) is 6.54 Å². The van der Waals surface area contributed by atoms with E-state index in [9.17, 15) is 9.59 Å². The summed E-state index contributed by atoms with van der Waals surface area (Å²) in [6.07, 6.45) is 4.73. The zero-order chi connectivity index (χ0) is 14.9. The van der Waals surface area contributed by atoms with Crippen LogP contribution in [-0.2, 0) is 16.1 Å². The molecule has 0 atom stereocenters. The number of hydrogen-bond donors (Lipinski definition) is 1. The van der Waals surface area contributed by atoms with Gasteiger partial charge >= 0.3 is 0 Å². The van der Waals surface area contributed by atoms with Crippen LogP contribution in [0.15, 0.2) is 28.7 Å². The molecule has 4 nitrogen and oxygen atoms in total. The first-order chi connectivity index (χ1) is 10.1. The molecule has 0 unspecified atom stereocenters. The summed E-state index contributed by atoms with van der Waals surface area (Å²) in [6, 6.07) is 7.94. The van der Waals surface area contributed by atoms with Gasteiger partial charge in [0.1, 0.15) is 5.54 Å². The molecule has 0 aromatic heterocycles. The van der Waals surface area contributed by atoms with Crippen molar-refractivity contribution < 1.29 is 9.59 Å². The van der Waals surface area contributed by atoms with Crippen molar-refractivity contribution in [2.45, 2.75) is 44.2 Å². The molecule has 1 saturated carbocycles. The Morgan fingerprint density at radius 1 is 1.10 bits per heavy atom. The number of halogens is 1. The van der Waals surface area contributed by atoms with E-state index in [-0.39, 0.29) is 18.4 Å². The van der Waals surface area contributed by atoms with Gasteiger partial charge in [-0.25, -0.2) is 0 Å². The van der Waals surface area contributed by atoms with Crippen LogP contribution in [0.25, 0.3) is 0 Å². The average molecular weight is 351 g/mol. The minimum Gasteiger partial charge on any atom is -0.345 e. The molecular formula is C16H19BrN2O2. The number of nitrogens with zero attached hydrogens (tertiary/aromatic N) is 1. The minimum atomic E-state index is -0.624. The third-order valence-electron chi connectivity index (χ3n) is 4.58. The monoisotopic (exact) mass is 350 g/mol. The first kappa shape index (κ1) is 14.6. The maximum atomic E-state index is 12.5. The number of rotatable bonds is 2. The fourth-order valence-corrected chi connectivity index (χ4v) is 3.69. The second-order valence-corrected chi connectivity index (χ2v) is 6.80. The Hall–Kier alpha value is -1.36. The highest BCUT2D eigenvalue weighted by Gasteiger charge is 2.49. The van der Waals surface area contributed by atoms with Crippen molar-refractivity contribution in [1.82, 2.24) is 10.2 Å². The standard InChI is InChI=1S/C16H19BrN2O2/c17-13-6-4-12(5-7-13)11-19-14(20)10-18-15(21)16(19)8-2-1-3-9-16/h4-7H,1-3,8-11H2,(H,18,21). The Morgan fingerprint density at radius 2 is 1.76 bits per heavy atom. The van der Waals surface area contributed by atoms with Crippen LogP contribution >= 0.6 is 15.9 Å². The van der Waals surface area contributed by atoms with Gasteiger partial charge in [0.2, 0.25) is 11.8 Å². The van der Waals surface area contributed by atoms with Crippen molar-refractivity contribution in [3.63, 3.8) is 0 Å². The summed E-state index contributed by atoms with van der Waals surface area (Å²) < 4.78 is 1.02. The van der Waals surface area contributed by atoms with E-state index in [1.54, 1.807) is 0 Å². The molecular weight excluding hydrogens is 332 g/mol. The Labute approximate surface area is 133 Å². The summed E-state index contributed by atoms with van der Waals surface area (Å²) >= 11 is 3.42. The second kappa shape index (κ2) is 5.79. The molecule has 2 amide bonds. The smallest absolute Gasteiger partial charge is 0.246 e. The average Bonchev–Trinajstić information content (AvgIpc) is 2.51. The van der Waals surface area contributed by atoms with Gasteiger partial charge in [0.05, 0.1) is 6.54 Å². The summed E-state index contributed by atoms with van der Waals surface area (Å²) in [6.45, 7) is 0.636. The second-order valence-electron chi connectivity index (χ2n) is 5.88. The van der Waals surface area contributed by atoms with Crippen molar-refractivity contribution in [1.29, 1.82) is 0 Å². The van der Waals surface area contributed by atoms with Gasteiger partial charge in [-0.05, 0) is 30.5 Å². The Balaban J connectivity index is 1.89. The van der Waals surface area contributed by atoms with E-state index in [4.69, 9.17) is 0 Å². The Bertz CT molecular complexity index is 550. The molecule has 1 heterocycles. The number of hydrogen-bond acceptors (Lipinski definition) is 2. The molecule has 21 heavy (non-hydrogen) atoms. The van der Waals surface area contributed by atoms with E-state index in [0.29, 0.717) is 6.54 Å². The molecule has 0 radical (unpaired) electrons. The van der Waals surface area contributed by atoms with Gasteiger partial charge in [0.25, 0.3) is 0 Å². The van der Waals surface area contributed by atoms with Gasteiger partial charge in [-0.3, -0.25) is 9.59 Å². The van der Waals surface area contributed by atoms with Crippen LogP contribution in [0.2, 0.25) is 0 Å². The first-order valence-corrected chi connectivity index (χ1v) is 8.24. The van der Waals surface area contributed by atoms with Gasteiger partial charge in [-0.15, -0.1) is 0 Å². The molecule has 1 aliphatic carbocycles. The Kier molecular flexibility index (Phi) is 4.02.